The number of rotatable bonds is 1. The van der Waals surface area contributed by atoms with Gasteiger partial charge in [0, 0.05) is 17.8 Å². The molecule has 0 bridgehead atoms. The maximum atomic E-state index is 13.7. The molecule has 2 aromatic rings. The van der Waals surface area contributed by atoms with Crippen LogP contribution in [0, 0.1) is 17.5 Å². The number of aromatic nitrogens is 1. The van der Waals surface area contributed by atoms with Gasteiger partial charge in [-0.25, -0.2) is 13.2 Å². The van der Waals surface area contributed by atoms with Crippen LogP contribution in [-0.2, 0) is 6.18 Å². The number of nitrogens with zero attached hydrogens (tertiary/aromatic N) is 1. The summed E-state index contributed by atoms with van der Waals surface area (Å²) in [5.74, 6) is -4.34. The minimum absolute atomic E-state index is 0.344. The zero-order chi connectivity index (χ0) is 14.2. The van der Waals surface area contributed by atoms with Crippen LogP contribution >= 0.6 is 0 Å². The minimum Gasteiger partial charge on any atom is -0.256 e. The zero-order valence-electron chi connectivity index (χ0n) is 9.10. The molecule has 0 fully saturated rings. The number of alkyl halides is 3. The molecular weight excluding hydrogens is 272 g/mol. The first-order chi connectivity index (χ1) is 8.80. The fourth-order valence-electron chi connectivity index (χ4n) is 1.56. The molecular formula is C12H5F6N. The third-order valence-electron chi connectivity index (χ3n) is 2.37. The van der Waals surface area contributed by atoms with Gasteiger partial charge in [-0.15, -0.1) is 0 Å². The molecule has 0 spiro atoms. The van der Waals surface area contributed by atoms with Gasteiger partial charge in [-0.1, -0.05) is 0 Å². The number of hydrogen-bond donors (Lipinski definition) is 0. The Morgan fingerprint density at radius 2 is 1.63 bits per heavy atom. The van der Waals surface area contributed by atoms with Crippen LogP contribution in [0.25, 0.3) is 11.3 Å². The van der Waals surface area contributed by atoms with Crippen LogP contribution in [0.2, 0.25) is 0 Å². The summed E-state index contributed by atoms with van der Waals surface area (Å²) in [6, 6.07) is 2.96. The molecule has 0 unspecified atom stereocenters. The van der Waals surface area contributed by atoms with Crippen molar-refractivity contribution in [1.29, 1.82) is 0 Å². The van der Waals surface area contributed by atoms with Crippen LogP contribution < -0.4 is 0 Å². The molecule has 19 heavy (non-hydrogen) atoms. The van der Waals surface area contributed by atoms with Crippen molar-refractivity contribution >= 4 is 0 Å². The average molecular weight is 277 g/mol. The standard InChI is InChI=1S/C12H5F6N/c13-6-3-4-19-9(5-6)7-1-2-8(14)10(11(7)15)12(16,17)18/h1-5H. The van der Waals surface area contributed by atoms with Crippen LogP contribution in [0.3, 0.4) is 0 Å². The lowest BCUT2D eigenvalue weighted by atomic mass is 10.1. The van der Waals surface area contributed by atoms with Crippen molar-refractivity contribution in [3.63, 3.8) is 0 Å². The van der Waals surface area contributed by atoms with Crippen molar-refractivity contribution in [1.82, 2.24) is 4.98 Å². The van der Waals surface area contributed by atoms with Gasteiger partial charge in [-0.3, -0.25) is 4.98 Å². The second-order valence-electron chi connectivity index (χ2n) is 3.64. The summed E-state index contributed by atoms with van der Waals surface area (Å²) in [6.07, 6.45) is -4.21. The van der Waals surface area contributed by atoms with E-state index in [1.807, 2.05) is 0 Å². The van der Waals surface area contributed by atoms with Crippen LogP contribution in [0.5, 0.6) is 0 Å². The van der Waals surface area contributed by atoms with Gasteiger partial charge in [0.05, 0.1) is 5.69 Å². The molecule has 100 valence electrons. The summed E-state index contributed by atoms with van der Waals surface area (Å²) in [4.78, 5) is 3.55. The summed E-state index contributed by atoms with van der Waals surface area (Å²) in [5.41, 5.74) is -2.98. The molecule has 1 aromatic carbocycles. The van der Waals surface area contributed by atoms with Crippen LogP contribution in [0.4, 0.5) is 26.3 Å². The van der Waals surface area contributed by atoms with E-state index in [2.05, 4.69) is 4.98 Å². The molecule has 0 aliphatic rings. The third kappa shape index (κ3) is 2.54. The fraction of sp³-hybridized carbons (Fsp3) is 0.0833. The van der Waals surface area contributed by atoms with Crippen LogP contribution in [0.1, 0.15) is 5.56 Å². The van der Waals surface area contributed by atoms with E-state index in [9.17, 15) is 26.3 Å². The Hall–Kier alpha value is -2.05. The van der Waals surface area contributed by atoms with Crippen LogP contribution in [-0.4, -0.2) is 4.98 Å². The van der Waals surface area contributed by atoms with Crippen molar-refractivity contribution in [2.75, 3.05) is 0 Å². The van der Waals surface area contributed by atoms with E-state index in [1.54, 1.807) is 0 Å². The Labute approximate surface area is 103 Å². The highest BCUT2D eigenvalue weighted by atomic mass is 19.4. The Bertz CT molecular complexity index is 620. The summed E-state index contributed by atoms with van der Waals surface area (Å²) in [7, 11) is 0. The molecule has 7 heteroatoms. The maximum Gasteiger partial charge on any atom is 0.422 e. The molecule has 0 saturated carbocycles. The quantitative estimate of drug-likeness (QED) is 0.712. The van der Waals surface area contributed by atoms with Gasteiger partial charge in [0.25, 0.3) is 0 Å². The van der Waals surface area contributed by atoms with Gasteiger partial charge in [0.15, 0.2) is 0 Å². The normalized spacial score (nSPS) is 11.7. The van der Waals surface area contributed by atoms with Crippen LogP contribution in [0.15, 0.2) is 30.5 Å². The Morgan fingerprint density at radius 1 is 0.947 bits per heavy atom. The lowest BCUT2D eigenvalue weighted by Crippen LogP contribution is -2.12. The molecule has 2 rings (SSSR count). The molecule has 1 nitrogen and oxygen atoms in total. The topological polar surface area (TPSA) is 12.9 Å². The van der Waals surface area contributed by atoms with Crippen molar-refractivity contribution in [2.45, 2.75) is 6.18 Å². The summed E-state index contributed by atoms with van der Waals surface area (Å²) >= 11 is 0. The second-order valence-corrected chi connectivity index (χ2v) is 3.64. The average Bonchev–Trinajstić information content (AvgIpc) is 2.27. The summed E-state index contributed by atoms with van der Waals surface area (Å²) in [5, 5.41) is 0. The first kappa shape index (κ1) is 13.4. The molecule has 0 aliphatic heterocycles. The van der Waals surface area contributed by atoms with Crippen molar-refractivity contribution in [3.8, 4) is 11.3 Å². The largest absolute Gasteiger partial charge is 0.422 e. The van der Waals surface area contributed by atoms with E-state index < -0.39 is 34.8 Å². The van der Waals surface area contributed by atoms with E-state index in [0.717, 1.165) is 24.4 Å². The Balaban J connectivity index is 2.67. The number of hydrogen-bond acceptors (Lipinski definition) is 1. The predicted molar refractivity (Wildman–Crippen MR) is 54.5 cm³/mol. The second kappa shape index (κ2) is 4.56. The van der Waals surface area contributed by atoms with Gasteiger partial charge in [-0.05, 0) is 18.2 Å². The number of pyridine rings is 1. The smallest absolute Gasteiger partial charge is 0.256 e. The highest BCUT2D eigenvalue weighted by Gasteiger charge is 2.38. The van der Waals surface area contributed by atoms with E-state index in [1.165, 1.54) is 0 Å². The molecule has 1 heterocycles. The summed E-state index contributed by atoms with van der Waals surface area (Å²) < 4.78 is 77.3. The highest BCUT2D eigenvalue weighted by molar-refractivity contribution is 5.61. The van der Waals surface area contributed by atoms with Crippen molar-refractivity contribution < 1.29 is 26.3 Å². The highest BCUT2D eigenvalue weighted by Crippen LogP contribution is 2.36. The third-order valence-corrected chi connectivity index (χ3v) is 2.37. The zero-order valence-corrected chi connectivity index (χ0v) is 9.10. The lowest BCUT2D eigenvalue weighted by molar-refractivity contribution is -0.142. The van der Waals surface area contributed by atoms with E-state index >= 15 is 0 Å². The predicted octanol–water partition coefficient (Wildman–Crippen LogP) is 4.18. The Kier molecular flexibility index (Phi) is 3.21. The van der Waals surface area contributed by atoms with Gasteiger partial charge in [0.2, 0.25) is 0 Å². The monoisotopic (exact) mass is 277 g/mol. The molecule has 0 atom stereocenters. The SMILES string of the molecule is Fc1ccnc(-c2ccc(F)c(C(F)(F)F)c2F)c1. The summed E-state index contributed by atoms with van der Waals surface area (Å²) in [6.45, 7) is 0. The fourth-order valence-corrected chi connectivity index (χ4v) is 1.56. The molecule has 0 saturated heterocycles. The molecule has 1 aromatic heterocycles. The van der Waals surface area contributed by atoms with Crippen molar-refractivity contribution in [3.05, 3.63) is 53.5 Å². The number of benzene rings is 1. The van der Waals surface area contributed by atoms with Gasteiger partial charge >= 0.3 is 6.18 Å². The number of halogens is 6. The molecule has 0 amide bonds. The first-order valence-corrected chi connectivity index (χ1v) is 4.98. The van der Waals surface area contributed by atoms with Gasteiger partial charge < -0.3 is 0 Å². The first-order valence-electron chi connectivity index (χ1n) is 4.98. The minimum atomic E-state index is -5.18. The lowest BCUT2D eigenvalue weighted by Gasteiger charge is -2.12. The van der Waals surface area contributed by atoms with E-state index in [0.29, 0.717) is 6.07 Å². The Morgan fingerprint density at radius 3 is 2.21 bits per heavy atom. The van der Waals surface area contributed by atoms with E-state index in [4.69, 9.17) is 0 Å². The molecule has 0 radical (unpaired) electrons. The van der Waals surface area contributed by atoms with E-state index in [-0.39, 0.29) is 5.69 Å². The maximum absolute atomic E-state index is 13.7. The van der Waals surface area contributed by atoms with Gasteiger partial charge in [0.1, 0.15) is 23.0 Å². The molecule has 0 aliphatic carbocycles. The van der Waals surface area contributed by atoms with Crippen molar-refractivity contribution in [2.24, 2.45) is 0 Å². The molecule has 0 N–H and O–H groups in total. The van der Waals surface area contributed by atoms with Gasteiger partial charge in [-0.2, -0.15) is 13.2 Å².